The van der Waals surface area contributed by atoms with Crippen molar-refractivity contribution in [1.82, 2.24) is 0 Å². The van der Waals surface area contributed by atoms with Gasteiger partial charge in [-0.2, -0.15) is 0 Å². The van der Waals surface area contributed by atoms with Gasteiger partial charge in [0, 0.05) is 11.1 Å². The van der Waals surface area contributed by atoms with Crippen molar-refractivity contribution in [2.45, 2.75) is 53.5 Å². The Morgan fingerprint density at radius 2 is 1.62 bits per heavy atom. The highest BCUT2D eigenvalue weighted by Crippen LogP contribution is 2.34. The molecule has 1 rings (SSSR count). The summed E-state index contributed by atoms with van der Waals surface area (Å²) in [7, 11) is 0. The Labute approximate surface area is 129 Å². The summed E-state index contributed by atoms with van der Waals surface area (Å²) < 4.78 is 0.993. The Hall–Kier alpha value is -1.35. The Kier molecular flexibility index (Phi) is 5.57. The third-order valence-corrected chi connectivity index (χ3v) is 4.66. The highest BCUT2D eigenvalue weighted by Gasteiger charge is 2.25. The van der Waals surface area contributed by atoms with E-state index in [2.05, 4.69) is 47.6 Å². The zero-order valence-corrected chi connectivity index (χ0v) is 14.4. The van der Waals surface area contributed by atoms with Crippen LogP contribution in [-0.4, -0.2) is 35.5 Å². The number of phenolic OH excluding ortho intramolecular Hbond substituents is 1. The second-order valence-electron chi connectivity index (χ2n) is 6.90. The van der Waals surface area contributed by atoms with Crippen LogP contribution in [0.4, 0.5) is 0 Å². The second-order valence-corrected chi connectivity index (χ2v) is 6.90. The lowest BCUT2D eigenvalue weighted by Crippen LogP contribution is -2.46. The molecule has 0 saturated heterocycles. The molecule has 0 unspecified atom stereocenters. The lowest BCUT2D eigenvalue weighted by Gasteiger charge is -2.36. The summed E-state index contributed by atoms with van der Waals surface area (Å²) in [5.41, 5.74) is 2.20. The van der Waals surface area contributed by atoms with Crippen molar-refractivity contribution < 1.29 is 14.4 Å². The van der Waals surface area contributed by atoms with Crippen LogP contribution in [0.3, 0.4) is 0 Å². The van der Waals surface area contributed by atoms with E-state index in [1.165, 1.54) is 0 Å². The Bertz CT molecular complexity index is 488. The van der Waals surface area contributed by atoms with Crippen LogP contribution >= 0.6 is 0 Å². The van der Waals surface area contributed by atoms with E-state index in [4.69, 9.17) is 0 Å². The van der Waals surface area contributed by atoms with Gasteiger partial charge in [0.2, 0.25) is 0 Å². The van der Waals surface area contributed by atoms with E-state index in [0.717, 1.165) is 48.1 Å². The molecule has 0 spiro atoms. The number of aldehydes is 1. The predicted octanol–water partition coefficient (Wildman–Crippen LogP) is 3.88. The number of phenols is 1. The van der Waals surface area contributed by atoms with Crippen LogP contribution in [0.1, 0.15) is 63.0 Å². The summed E-state index contributed by atoms with van der Waals surface area (Å²) in [6.45, 7) is 16.9. The Balaban J connectivity index is 3.35. The summed E-state index contributed by atoms with van der Waals surface area (Å²) in [6, 6.07) is 3.90. The minimum Gasteiger partial charge on any atom is -0.507 e. The molecule has 0 fully saturated rings. The Morgan fingerprint density at radius 1 is 1.10 bits per heavy atom. The highest BCUT2D eigenvalue weighted by atomic mass is 16.3. The van der Waals surface area contributed by atoms with Crippen LogP contribution in [0.2, 0.25) is 0 Å². The third-order valence-electron chi connectivity index (χ3n) is 4.66. The summed E-state index contributed by atoms with van der Waals surface area (Å²) in [6.07, 6.45) is 0.757. The average molecular weight is 292 g/mol. The van der Waals surface area contributed by atoms with E-state index < -0.39 is 0 Å². The molecule has 21 heavy (non-hydrogen) atoms. The van der Waals surface area contributed by atoms with Crippen LogP contribution in [0.25, 0.3) is 0 Å². The number of rotatable bonds is 6. The maximum absolute atomic E-state index is 11.3. The lowest BCUT2D eigenvalue weighted by molar-refractivity contribution is -0.936. The first-order valence-corrected chi connectivity index (χ1v) is 7.89. The standard InChI is InChI=1S/C18H29NO2/c1-7-19(8-2,9-3)12-14-10-15(13-20)17(21)16(11-14)18(4,5)6/h10-11,13H,7-9,12H2,1-6H3/p+1. The van der Waals surface area contributed by atoms with Gasteiger partial charge in [0.1, 0.15) is 12.3 Å². The first kappa shape index (κ1) is 17.7. The van der Waals surface area contributed by atoms with Gasteiger partial charge in [0.25, 0.3) is 0 Å². The largest absolute Gasteiger partial charge is 0.507 e. The number of aromatic hydroxyl groups is 1. The molecule has 1 N–H and O–H groups in total. The molecule has 0 saturated carbocycles. The lowest BCUT2D eigenvalue weighted by atomic mass is 9.84. The molecule has 0 aliphatic carbocycles. The van der Waals surface area contributed by atoms with Crippen molar-refractivity contribution in [3.8, 4) is 5.75 Å². The van der Waals surface area contributed by atoms with Crippen molar-refractivity contribution >= 4 is 6.29 Å². The molecule has 0 heterocycles. The fourth-order valence-electron chi connectivity index (χ4n) is 2.87. The molecule has 1 aromatic carbocycles. The molecule has 0 atom stereocenters. The van der Waals surface area contributed by atoms with Gasteiger partial charge in [-0.3, -0.25) is 4.79 Å². The van der Waals surface area contributed by atoms with Crippen LogP contribution in [0.15, 0.2) is 12.1 Å². The Morgan fingerprint density at radius 3 is 2.00 bits per heavy atom. The SMILES string of the molecule is CC[N+](CC)(CC)Cc1cc(C=O)c(O)c(C(C)(C)C)c1. The van der Waals surface area contributed by atoms with E-state index in [0.29, 0.717) is 5.56 Å². The minimum absolute atomic E-state index is 0.129. The number of nitrogens with zero attached hydrogens (tertiary/aromatic N) is 1. The summed E-state index contributed by atoms with van der Waals surface area (Å²) in [5, 5.41) is 10.3. The zero-order chi connectivity index (χ0) is 16.3. The smallest absolute Gasteiger partial charge is 0.153 e. The van der Waals surface area contributed by atoms with E-state index in [-0.39, 0.29) is 11.2 Å². The van der Waals surface area contributed by atoms with Crippen LogP contribution in [0.5, 0.6) is 5.75 Å². The predicted molar refractivity (Wildman–Crippen MR) is 87.8 cm³/mol. The van der Waals surface area contributed by atoms with Gasteiger partial charge >= 0.3 is 0 Å². The van der Waals surface area contributed by atoms with Crippen molar-refractivity contribution in [1.29, 1.82) is 0 Å². The highest BCUT2D eigenvalue weighted by molar-refractivity contribution is 5.80. The maximum atomic E-state index is 11.3. The molecule has 0 aliphatic heterocycles. The van der Waals surface area contributed by atoms with Crippen LogP contribution in [-0.2, 0) is 12.0 Å². The molecule has 0 radical (unpaired) electrons. The first-order chi connectivity index (χ1) is 9.72. The molecular formula is C18H30NO2+. The van der Waals surface area contributed by atoms with Crippen molar-refractivity contribution in [3.63, 3.8) is 0 Å². The van der Waals surface area contributed by atoms with Gasteiger partial charge in [-0.25, -0.2) is 0 Å². The third kappa shape index (κ3) is 3.85. The topological polar surface area (TPSA) is 37.3 Å². The number of quaternary nitrogens is 1. The number of hydrogen-bond acceptors (Lipinski definition) is 2. The molecule has 0 aliphatic rings. The zero-order valence-electron chi connectivity index (χ0n) is 14.4. The van der Waals surface area contributed by atoms with Gasteiger partial charge in [-0.1, -0.05) is 20.8 Å². The van der Waals surface area contributed by atoms with E-state index in [1.54, 1.807) is 0 Å². The average Bonchev–Trinajstić information content (AvgIpc) is 2.45. The van der Waals surface area contributed by atoms with E-state index >= 15 is 0 Å². The summed E-state index contributed by atoms with van der Waals surface area (Å²) in [5.74, 6) is 0.129. The number of hydrogen-bond donors (Lipinski definition) is 1. The molecule has 3 heteroatoms. The van der Waals surface area contributed by atoms with E-state index in [1.807, 2.05) is 6.07 Å². The molecule has 0 amide bonds. The monoisotopic (exact) mass is 292 g/mol. The van der Waals surface area contributed by atoms with Crippen LogP contribution < -0.4 is 0 Å². The molecule has 1 aromatic rings. The summed E-state index contributed by atoms with van der Waals surface area (Å²) in [4.78, 5) is 11.3. The fourth-order valence-corrected chi connectivity index (χ4v) is 2.87. The van der Waals surface area contributed by atoms with Crippen LogP contribution in [0, 0.1) is 0 Å². The first-order valence-electron chi connectivity index (χ1n) is 7.89. The number of benzene rings is 1. The second kappa shape index (κ2) is 6.61. The minimum atomic E-state index is -0.182. The van der Waals surface area contributed by atoms with E-state index in [9.17, 15) is 9.90 Å². The molecule has 118 valence electrons. The summed E-state index contributed by atoms with van der Waals surface area (Å²) >= 11 is 0. The maximum Gasteiger partial charge on any atom is 0.153 e. The quantitative estimate of drug-likeness (QED) is 0.638. The van der Waals surface area contributed by atoms with Crippen molar-refractivity contribution in [2.24, 2.45) is 0 Å². The van der Waals surface area contributed by atoms with Crippen molar-refractivity contribution in [2.75, 3.05) is 19.6 Å². The van der Waals surface area contributed by atoms with Crippen molar-refractivity contribution in [3.05, 3.63) is 28.8 Å². The van der Waals surface area contributed by atoms with Gasteiger partial charge in [0.15, 0.2) is 6.29 Å². The normalized spacial score (nSPS) is 12.5. The van der Waals surface area contributed by atoms with Gasteiger partial charge in [-0.05, 0) is 38.3 Å². The molecule has 3 nitrogen and oxygen atoms in total. The molecule has 0 bridgehead atoms. The number of carbonyl (C=O) groups excluding carboxylic acids is 1. The van der Waals surface area contributed by atoms with Gasteiger partial charge in [0.05, 0.1) is 25.2 Å². The fraction of sp³-hybridized carbons (Fsp3) is 0.611. The molecule has 0 aromatic heterocycles. The van der Waals surface area contributed by atoms with Gasteiger partial charge < -0.3 is 9.59 Å². The van der Waals surface area contributed by atoms with Gasteiger partial charge in [-0.15, -0.1) is 0 Å². The molecular weight excluding hydrogens is 262 g/mol. The number of carbonyl (C=O) groups is 1.